The number of rotatable bonds is 8. The van der Waals surface area contributed by atoms with E-state index >= 15 is 0 Å². The van der Waals surface area contributed by atoms with Gasteiger partial charge in [-0.2, -0.15) is 0 Å². The Hall–Kier alpha value is -1.29. The lowest BCUT2D eigenvalue weighted by Crippen LogP contribution is -2.17. The number of nitrogens with zero attached hydrogens (tertiary/aromatic N) is 1. The van der Waals surface area contributed by atoms with Crippen molar-refractivity contribution in [1.29, 1.82) is 5.41 Å². The number of unbranched alkanes of at least 4 members (excludes halogenated alkanes) is 4. The number of hydrogen-bond acceptors (Lipinski definition) is 3. The summed E-state index contributed by atoms with van der Waals surface area (Å²) in [6.45, 7) is 6.84. The zero-order valence-electron chi connectivity index (χ0n) is 13.9. The number of nitrogens with two attached hydrogens (primary N) is 1. The number of nitrogens with one attached hydrogen (secondary N) is 1. The summed E-state index contributed by atoms with van der Waals surface area (Å²) in [5.74, 6) is 0.772. The second kappa shape index (κ2) is 7.32. The van der Waals surface area contributed by atoms with Crippen LogP contribution in [0.2, 0.25) is 0 Å². The first-order valence-electron chi connectivity index (χ1n) is 8.20. The molecule has 2 rings (SSSR count). The first-order valence-corrected chi connectivity index (χ1v) is 9.02. The minimum absolute atomic E-state index is 0.173. The second-order valence-corrected chi connectivity index (χ2v) is 8.30. The first kappa shape index (κ1) is 17.1. The topological polar surface area (TPSA) is 62.2 Å². The maximum atomic E-state index is 7.89. The third-order valence-electron chi connectivity index (χ3n) is 4.04. The van der Waals surface area contributed by atoms with Gasteiger partial charge >= 0.3 is 0 Å². The van der Waals surface area contributed by atoms with E-state index in [9.17, 15) is 0 Å². The molecule has 0 saturated heterocycles. The molecular weight excluding hydrogens is 290 g/mol. The first-order chi connectivity index (χ1) is 10.4. The fourth-order valence-corrected chi connectivity index (χ4v) is 4.12. The molecule has 0 saturated carbocycles. The number of amidine groups is 2. The summed E-state index contributed by atoms with van der Waals surface area (Å²) in [6, 6.07) is 6.04. The van der Waals surface area contributed by atoms with Crippen molar-refractivity contribution in [3.05, 3.63) is 29.3 Å². The highest BCUT2D eigenvalue weighted by atomic mass is 32.2. The van der Waals surface area contributed by atoms with E-state index in [4.69, 9.17) is 11.1 Å². The highest BCUT2D eigenvalue weighted by Gasteiger charge is 2.26. The molecule has 1 aliphatic rings. The predicted octanol–water partition coefficient (Wildman–Crippen LogP) is 4.96. The van der Waals surface area contributed by atoms with Crippen molar-refractivity contribution >= 4 is 23.4 Å². The van der Waals surface area contributed by atoms with Gasteiger partial charge in [0.15, 0.2) is 5.84 Å². The molecule has 0 radical (unpaired) electrons. The lowest BCUT2D eigenvalue weighted by molar-refractivity contribution is 0.549. The van der Waals surface area contributed by atoms with Crippen LogP contribution in [0.4, 0.5) is 0 Å². The van der Waals surface area contributed by atoms with Crippen LogP contribution in [0.3, 0.4) is 0 Å². The minimum Gasteiger partial charge on any atom is -0.383 e. The van der Waals surface area contributed by atoms with Gasteiger partial charge in [-0.1, -0.05) is 65.0 Å². The van der Waals surface area contributed by atoms with Gasteiger partial charge in [-0.15, -0.1) is 11.8 Å². The summed E-state index contributed by atoms with van der Waals surface area (Å²) >= 11 is 1.86. The summed E-state index contributed by atoms with van der Waals surface area (Å²) < 4.78 is 0.173. The molecule has 0 unspecified atom stereocenters. The van der Waals surface area contributed by atoms with Crippen LogP contribution in [-0.4, -0.2) is 16.4 Å². The molecule has 0 amide bonds. The van der Waals surface area contributed by atoms with Gasteiger partial charge in [-0.05, 0) is 12.5 Å². The largest absolute Gasteiger partial charge is 0.383 e. The van der Waals surface area contributed by atoms with E-state index < -0.39 is 0 Å². The standard InChI is InChI=1S/C18H27N3S/c1-4-5-6-7-8-12-18(2,3)22-14-11-9-10-13-15(14)17(20)21-16(13)19/h9-11H,4-8,12H2,1-3H3,(H3,19,20,21). The highest BCUT2D eigenvalue weighted by molar-refractivity contribution is 8.00. The van der Waals surface area contributed by atoms with E-state index in [1.54, 1.807) is 0 Å². The van der Waals surface area contributed by atoms with Crippen LogP contribution in [0.25, 0.3) is 0 Å². The van der Waals surface area contributed by atoms with Crippen LogP contribution in [0.1, 0.15) is 70.4 Å². The van der Waals surface area contributed by atoms with Crippen molar-refractivity contribution in [2.24, 2.45) is 10.7 Å². The summed E-state index contributed by atoms with van der Waals surface area (Å²) in [5, 5.41) is 7.89. The second-order valence-electron chi connectivity index (χ2n) is 6.55. The molecule has 0 spiro atoms. The maximum Gasteiger partial charge on any atom is 0.154 e. The van der Waals surface area contributed by atoms with E-state index in [0.29, 0.717) is 5.84 Å². The predicted molar refractivity (Wildman–Crippen MR) is 97.3 cm³/mol. The molecule has 22 heavy (non-hydrogen) atoms. The molecule has 3 N–H and O–H groups in total. The number of thioether (sulfide) groups is 1. The molecule has 0 bridgehead atoms. The fourth-order valence-electron chi connectivity index (χ4n) is 2.82. The van der Waals surface area contributed by atoms with Gasteiger partial charge in [0, 0.05) is 20.8 Å². The average Bonchev–Trinajstić information content (AvgIpc) is 2.74. The van der Waals surface area contributed by atoms with Gasteiger partial charge in [0.05, 0.1) is 0 Å². The van der Waals surface area contributed by atoms with Crippen molar-refractivity contribution in [3.8, 4) is 0 Å². The van der Waals surface area contributed by atoms with Crippen molar-refractivity contribution < 1.29 is 0 Å². The molecule has 120 valence electrons. The Kier molecular flexibility index (Phi) is 5.68. The van der Waals surface area contributed by atoms with E-state index in [1.165, 1.54) is 38.5 Å². The lowest BCUT2D eigenvalue weighted by Gasteiger charge is -2.25. The van der Waals surface area contributed by atoms with Gasteiger partial charge < -0.3 is 5.73 Å². The molecule has 4 heteroatoms. The van der Waals surface area contributed by atoms with Crippen molar-refractivity contribution in [1.82, 2.24) is 0 Å². The monoisotopic (exact) mass is 317 g/mol. The highest BCUT2D eigenvalue weighted by Crippen LogP contribution is 2.40. The molecule has 0 aromatic heterocycles. The van der Waals surface area contributed by atoms with Gasteiger partial charge in [-0.3, -0.25) is 5.41 Å². The Balaban J connectivity index is 2.02. The minimum atomic E-state index is 0.173. The molecule has 0 aliphatic carbocycles. The molecular formula is C18H27N3S. The van der Waals surface area contributed by atoms with Crippen molar-refractivity contribution in [2.45, 2.75) is 68.9 Å². The number of aliphatic imine (C=N–C) groups is 1. The van der Waals surface area contributed by atoms with Crippen molar-refractivity contribution in [2.75, 3.05) is 0 Å². The van der Waals surface area contributed by atoms with Crippen LogP contribution in [0.15, 0.2) is 28.1 Å². The van der Waals surface area contributed by atoms with Gasteiger partial charge in [-0.25, -0.2) is 4.99 Å². The van der Waals surface area contributed by atoms with E-state index in [0.717, 1.165) is 16.0 Å². The maximum absolute atomic E-state index is 7.89. The molecule has 1 aliphatic heterocycles. The van der Waals surface area contributed by atoms with Gasteiger partial charge in [0.2, 0.25) is 0 Å². The molecule has 1 aromatic rings. The lowest BCUT2D eigenvalue weighted by atomic mass is 10.0. The van der Waals surface area contributed by atoms with Crippen LogP contribution < -0.4 is 5.73 Å². The Morgan fingerprint density at radius 3 is 2.64 bits per heavy atom. The van der Waals surface area contributed by atoms with E-state index in [-0.39, 0.29) is 10.6 Å². The molecule has 0 fully saturated rings. The van der Waals surface area contributed by atoms with Gasteiger partial charge in [0.25, 0.3) is 0 Å². The zero-order valence-corrected chi connectivity index (χ0v) is 14.7. The quantitative estimate of drug-likeness (QED) is 0.525. The zero-order chi connectivity index (χ0) is 16.2. The Labute approximate surface area is 138 Å². The molecule has 1 aromatic carbocycles. The van der Waals surface area contributed by atoms with E-state index in [2.05, 4.69) is 31.8 Å². The third kappa shape index (κ3) is 4.13. The number of benzene rings is 1. The summed E-state index contributed by atoms with van der Waals surface area (Å²) in [6.07, 6.45) is 7.76. The molecule has 1 heterocycles. The summed E-state index contributed by atoms with van der Waals surface area (Å²) in [7, 11) is 0. The van der Waals surface area contributed by atoms with Crippen LogP contribution in [0, 0.1) is 5.41 Å². The van der Waals surface area contributed by atoms with Gasteiger partial charge in [0.1, 0.15) is 5.84 Å². The fraction of sp³-hybridized carbons (Fsp3) is 0.556. The van der Waals surface area contributed by atoms with Crippen LogP contribution in [0.5, 0.6) is 0 Å². The molecule has 3 nitrogen and oxygen atoms in total. The third-order valence-corrected chi connectivity index (χ3v) is 5.36. The smallest absolute Gasteiger partial charge is 0.154 e. The Bertz CT molecular complexity index is 576. The summed E-state index contributed by atoms with van der Waals surface area (Å²) in [4.78, 5) is 5.26. The van der Waals surface area contributed by atoms with Crippen LogP contribution in [-0.2, 0) is 0 Å². The Morgan fingerprint density at radius 1 is 1.18 bits per heavy atom. The van der Waals surface area contributed by atoms with Crippen LogP contribution >= 0.6 is 11.8 Å². The number of fused-ring (bicyclic) bond motifs is 1. The summed E-state index contributed by atoms with van der Waals surface area (Å²) in [5.41, 5.74) is 7.82. The SMILES string of the molecule is CCCCCCCC(C)(C)Sc1cccc2c1C(N)=NC2=N. The van der Waals surface area contributed by atoms with Crippen molar-refractivity contribution in [3.63, 3.8) is 0 Å². The molecule has 0 atom stereocenters. The average molecular weight is 318 g/mol. The Morgan fingerprint density at radius 2 is 1.91 bits per heavy atom. The normalized spacial score (nSPS) is 14.1. The van der Waals surface area contributed by atoms with E-state index in [1.807, 2.05) is 23.9 Å². The number of hydrogen-bond donors (Lipinski definition) is 2.